The maximum atomic E-state index is 10.5. The van der Waals surface area contributed by atoms with Crippen molar-refractivity contribution >= 4 is 5.97 Å². The Morgan fingerprint density at radius 1 is 1.16 bits per heavy atom. The molecule has 2 heterocycles. The van der Waals surface area contributed by atoms with E-state index in [1.165, 1.54) is 5.56 Å². The molecule has 138 valence electrons. The third-order valence-corrected chi connectivity index (χ3v) is 4.81. The van der Waals surface area contributed by atoms with Crippen LogP contribution in [0.3, 0.4) is 0 Å². The van der Waals surface area contributed by atoms with E-state index in [1.807, 2.05) is 24.3 Å². The van der Waals surface area contributed by atoms with Crippen molar-refractivity contribution in [3.8, 4) is 5.75 Å². The number of benzene rings is 1. The summed E-state index contributed by atoms with van der Waals surface area (Å²) < 4.78 is 10.5. The van der Waals surface area contributed by atoms with E-state index in [-0.39, 0.29) is 18.8 Å². The third kappa shape index (κ3) is 5.15. The number of aliphatic carboxylic acids is 1. The molecule has 1 aromatic rings. The SMILES string of the molecule is O=C(O)COc1ccc(CN2CCCN([C@@H]3COC[C@H]3O)CC2)cc1. The van der Waals surface area contributed by atoms with E-state index in [0.717, 1.165) is 39.1 Å². The predicted molar refractivity (Wildman–Crippen MR) is 91.7 cm³/mol. The summed E-state index contributed by atoms with van der Waals surface area (Å²) in [5.41, 5.74) is 1.18. The third-order valence-electron chi connectivity index (χ3n) is 4.81. The van der Waals surface area contributed by atoms with Crippen LogP contribution in [0.1, 0.15) is 12.0 Å². The van der Waals surface area contributed by atoms with Gasteiger partial charge in [0.05, 0.1) is 25.4 Å². The fraction of sp³-hybridized carbons (Fsp3) is 0.611. The molecular formula is C18H26N2O5. The minimum atomic E-state index is -0.976. The summed E-state index contributed by atoms with van der Waals surface area (Å²) in [5, 5.41) is 18.6. The molecule has 7 nitrogen and oxygen atoms in total. The molecule has 0 spiro atoms. The van der Waals surface area contributed by atoms with Gasteiger partial charge in [-0.05, 0) is 37.2 Å². The van der Waals surface area contributed by atoms with E-state index in [4.69, 9.17) is 14.6 Å². The van der Waals surface area contributed by atoms with Crippen molar-refractivity contribution < 1.29 is 24.5 Å². The van der Waals surface area contributed by atoms with E-state index in [9.17, 15) is 9.90 Å². The van der Waals surface area contributed by atoms with Crippen LogP contribution in [0.25, 0.3) is 0 Å². The molecular weight excluding hydrogens is 324 g/mol. The molecule has 2 aliphatic heterocycles. The molecule has 0 aliphatic carbocycles. The van der Waals surface area contributed by atoms with Crippen LogP contribution < -0.4 is 4.74 Å². The number of nitrogens with zero attached hydrogens (tertiary/aromatic N) is 2. The Kier molecular flexibility index (Phi) is 6.25. The first-order valence-electron chi connectivity index (χ1n) is 8.77. The van der Waals surface area contributed by atoms with Crippen LogP contribution in [0.4, 0.5) is 0 Å². The van der Waals surface area contributed by atoms with Gasteiger partial charge in [0.15, 0.2) is 6.61 Å². The monoisotopic (exact) mass is 350 g/mol. The second kappa shape index (κ2) is 8.62. The first-order chi connectivity index (χ1) is 12.1. The maximum absolute atomic E-state index is 10.5. The van der Waals surface area contributed by atoms with Gasteiger partial charge in [0, 0.05) is 19.6 Å². The van der Waals surface area contributed by atoms with Crippen LogP contribution in [0.5, 0.6) is 5.75 Å². The molecule has 2 saturated heterocycles. The molecule has 2 fully saturated rings. The highest BCUT2D eigenvalue weighted by molar-refractivity contribution is 5.68. The smallest absolute Gasteiger partial charge is 0.341 e. The maximum Gasteiger partial charge on any atom is 0.341 e. The first kappa shape index (κ1) is 18.1. The number of carbonyl (C=O) groups is 1. The minimum Gasteiger partial charge on any atom is -0.482 e. The Labute approximate surface area is 147 Å². The average molecular weight is 350 g/mol. The highest BCUT2D eigenvalue weighted by Gasteiger charge is 2.32. The van der Waals surface area contributed by atoms with Crippen molar-refractivity contribution in [2.75, 3.05) is 46.0 Å². The molecule has 2 aliphatic rings. The Bertz CT molecular complexity index is 565. The molecule has 7 heteroatoms. The summed E-state index contributed by atoms with van der Waals surface area (Å²) in [6.45, 7) is 5.52. The fourth-order valence-electron chi connectivity index (χ4n) is 3.46. The highest BCUT2D eigenvalue weighted by Crippen LogP contribution is 2.18. The van der Waals surface area contributed by atoms with Crippen molar-refractivity contribution in [1.82, 2.24) is 9.80 Å². The number of aliphatic hydroxyl groups excluding tert-OH is 1. The summed E-state index contributed by atoms with van der Waals surface area (Å²) >= 11 is 0. The molecule has 0 aromatic heterocycles. The molecule has 1 aromatic carbocycles. The van der Waals surface area contributed by atoms with Gasteiger partial charge in [-0.3, -0.25) is 9.80 Å². The van der Waals surface area contributed by atoms with E-state index in [2.05, 4.69) is 9.80 Å². The number of rotatable bonds is 6. The lowest BCUT2D eigenvalue weighted by molar-refractivity contribution is -0.139. The number of carboxylic acid groups (broad SMARTS) is 1. The van der Waals surface area contributed by atoms with E-state index in [0.29, 0.717) is 19.0 Å². The minimum absolute atomic E-state index is 0.130. The van der Waals surface area contributed by atoms with Gasteiger partial charge in [-0.2, -0.15) is 0 Å². The summed E-state index contributed by atoms with van der Waals surface area (Å²) in [4.78, 5) is 15.3. The standard InChI is InChI=1S/C18H26N2O5/c21-17-12-24-11-16(17)20-7-1-6-19(8-9-20)10-14-2-4-15(5-3-14)25-13-18(22)23/h2-5,16-17,21H,1,6-13H2,(H,22,23)/t16-,17-/m1/s1. The zero-order valence-electron chi connectivity index (χ0n) is 14.3. The molecule has 2 atom stereocenters. The lowest BCUT2D eigenvalue weighted by Gasteiger charge is -2.28. The Morgan fingerprint density at radius 3 is 2.64 bits per heavy atom. The number of ether oxygens (including phenoxy) is 2. The van der Waals surface area contributed by atoms with Gasteiger partial charge in [-0.15, -0.1) is 0 Å². The summed E-state index contributed by atoms with van der Waals surface area (Å²) in [7, 11) is 0. The van der Waals surface area contributed by atoms with Gasteiger partial charge in [0.2, 0.25) is 0 Å². The van der Waals surface area contributed by atoms with Crippen molar-refractivity contribution in [2.24, 2.45) is 0 Å². The molecule has 0 amide bonds. The Morgan fingerprint density at radius 2 is 1.96 bits per heavy atom. The van der Waals surface area contributed by atoms with Gasteiger partial charge in [0.25, 0.3) is 0 Å². The molecule has 25 heavy (non-hydrogen) atoms. The zero-order valence-corrected chi connectivity index (χ0v) is 14.3. The summed E-state index contributed by atoms with van der Waals surface area (Å²) in [5.74, 6) is -0.403. The van der Waals surface area contributed by atoms with Crippen molar-refractivity contribution in [1.29, 1.82) is 0 Å². The van der Waals surface area contributed by atoms with Crippen LogP contribution >= 0.6 is 0 Å². The summed E-state index contributed by atoms with van der Waals surface area (Å²) in [6, 6.07) is 7.72. The van der Waals surface area contributed by atoms with Crippen LogP contribution in [-0.4, -0.2) is 84.1 Å². The number of aliphatic hydroxyl groups is 1. The van der Waals surface area contributed by atoms with Crippen molar-refractivity contribution in [3.05, 3.63) is 29.8 Å². The van der Waals surface area contributed by atoms with E-state index in [1.54, 1.807) is 0 Å². The molecule has 3 rings (SSSR count). The quantitative estimate of drug-likeness (QED) is 0.769. The van der Waals surface area contributed by atoms with Gasteiger partial charge in [-0.25, -0.2) is 4.79 Å². The molecule has 0 bridgehead atoms. The van der Waals surface area contributed by atoms with Crippen LogP contribution in [0, 0.1) is 0 Å². The van der Waals surface area contributed by atoms with Crippen LogP contribution in [-0.2, 0) is 16.1 Å². The topological polar surface area (TPSA) is 82.5 Å². The molecule has 0 radical (unpaired) electrons. The van der Waals surface area contributed by atoms with Gasteiger partial charge >= 0.3 is 5.97 Å². The van der Waals surface area contributed by atoms with Gasteiger partial charge in [-0.1, -0.05) is 12.1 Å². The predicted octanol–water partition coefficient (Wildman–Crippen LogP) is 0.417. The Hall–Kier alpha value is -1.67. The lowest BCUT2D eigenvalue weighted by Crippen LogP contribution is -2.44. The first-order valence-corrected chi connectivity index (χ1v) is 8.77. The number of hydrogen-bond donors (Lipinski definition) is 2. The highest BCUT2D eigenvalue weighted by atomic mass is 16.5. The lowest BCUT2D eigenvalue weighted by atomic mass is 10.2. The van der Waals surface area contributed by atoms with Crippen LogP contribution in [0.15, 0.2) is 24.3 Å². The normalized spacial score (nSPS) is 25.6. The van der Waals surface area contributed by atoms with Crippen molar-refractivity contribution in [3.63, 3.8) is 0 Å². The zero-order chi connectivity index (χ0) is 17.6. The largest absolute Gasteiger partial charge is 0.482 e. The molecule has 0 unspecified atom stereocenters. The molecule has 2 N–H and O–H groups in total. The van der Waals surface area contributed by atoms with Gasteiger partial charge < -0.3 is 19.7 Å². The second-order valence-electron chi connectivity index (χ2n) is 6.66. The summed E-state index contributed by atoms with van der Waals surface area (Å²) in [6.07, 6.45) is 0.702. The second-order valence-corrected chi connectivity index (χ2v) is 6.66. The Balaban J connectivity index is 1.49. The van der Waals surface area contributed by atoms with Crippen molar-refractivity contribution in [2.45, 2.75) is 25.1 Å². The van der Waals surface area contributed by atoms with E-state index >= 15 is 0 Å². The fourth-order valence-corrected chi connectivity index (χ4v) is 3.46. The molecule has 0 saturated carbocycles. The average Bonchev–Trinajstić information content (AvgIpc) is 2.89. The van der Waals surface area contributed by atoms with Gasteiger partial charge in [0.1, 0.15) is 5.75 Å². The van der Waals surface area contributed by atoms with E-state index < -0.39 is 5.97 Å². The number of carboxylic acids is 1. The van der Waals surface area contributed by atoms with Crippen LogP contribution in [0.2, 0.25) is 0 Å². The number of hydrogen-bond acceptors (Lipinski definition) is 6.